The van der Waals surface area contributed by atoms with E-state index in [0.29, 0.717) is 39.4 Å². The van der Waals surface area contributed by atoms with Gasteiger partial charge in [0, 0.05) is 51.4 Å². The molecule has 0 spiro atoms. The van der Waals surface area contributed by atoms with Gasteiger partial charge in [0.15, 0.2) is 5.43 Å². The highest BCUT2D eigenvalue weighted by atomic mass is 79.9. The molecule has 0 aliphatic rings. The summed E-state index contributed by atoms with van der Waals surface area (Å²) in [6, 6.07) is 18.8. The van der Waals surface area contributed by atoms with Crippen molar-refractivity contribution >= 4 is 54.2 Å². The molecule has 0 bridgehead atoms. The fourth-order valence-electron chi connectivity index (χ4n) is 5.16. The Kier molecular flexibility index (Phi) is 5.48. The number of halogens is 1. The van der Waals surface area contributed by atoms with E-state index in [1.54, 1.807) is 18.5 Å². The second-order valence-electron chi connectivity index (χ2n) is 9.27. The topological polar surface area (TPSA) is 118 Å². The molecule has 0 saturated heterocycles. The number of benzene rings is 3. The summed E-state index contributed by atoms with van der Waals surface area (Å²) >= 11 is 3.56. The molecule has 0 amide bonds. The molecule has 0 radical (unpaired) electrons. The van der Waals surface area contributed by atoms with E-state index in [4.69, 9.17) is 4.74 Å². The highest BCUT2D eigenvalue weighted by molar-refractivity contribution is 9.10. The molecule has 2 N–H and O–H groups in total. The second kappa shape index (κ2) is 9.17. The number of hydrogen-bond donors (Lipinski definition) is 2. The van der Waals surface area contributed by atoms with Crippen molar-refractivity contribution in [3.8, 4) is 5.75 Å². The number of pyridine rings is 3. The molecule has 39 heavy (non-hydrogen) atoms. The molecule has 10 heteroatoms. The standard InChI is InChI=1S/C29H19BrN6O3/c30-19-6-7-21-25(10-19)36-14-18(9-16-3-2-8-31-13-16)29(37)23-12-20(11-22(28(23)36)27(21)34-38)39-15-17-4-1-5-24-26(17)33-35-32-24/h1-8,10-14,38H,9,15H2,(H,32,33,35). The Bertz CT molecular complexity index is 2160. The van der Waals surface area contributed by atoms with E-state index in [0.717, 1.165) is 37.5 Å². The number of H-pyrrole nitrogens is 1. The predicted octanol–water partition coefficient (Wildman–Crippen LogP) is 4.93. The van der Waals surface area contributed by atoms with E-state index >= 15 is 0 Å². The molecule has 0 saturated carbocycles. The normalized spacial score (nSPS) is 12.3. The van der Waals surface area contributed by atoms with Crippen LogP contribution in [-0.2, 0) is 13.0 Å². The minimum absolute atomic E-state index is 0.119. The highest BCUT2D eigenvalue weighted by Crippen LogP contribution is 2.29. The summed E-state index contributed by atoms with van der Waals surface area (Å²) in [5.74, 6) is 0.474. The van der Waals surface area contributed by atoms with Crippen LogP contribution in [0.5, 0.6) is 5.75 Å². The van der Waals surface area contributed by atoms with E-state index < -0.39 is 0 Å². The molecule has 9 nitrogen and oxygen atoms in total. The summed E-state index contributed by atoms with van der Waals surface area (Å²) in [4.78, 5) is 18.1. The van der Waals surface area contributed by atoms with Crippen LogP contribution < -0.4 is 15.5 Å². The molecule has 0 atom stereocenters. The SMILES string of the molecule is O=c1c(Cc2cccnc2)cn2c3cc(Br)ccc3c(=NO)c3cc(OCc4cccc5n[nH]nc45)cc1c32. The monoisotopic (exact) mass is 578 g/mol. The average molecular weight is 579 g/mol. The van der Waals surface area contributed by atoms with Crippen molar-refractivity contribution in [2.45, 2.75) is 13.0 Å². The van der Waals surface area contributed by atoms with E-state index in [2.05, 4.69) is 41.5 Å². The molecule has 190 valence electrons. The number of nitrogens with zero attached hydrogens (tertiary/aromatic N) is 5. The molecule has 0 fully saturated rings. The van der Waals surface area contributed by atoms with E-state index in [-0.39, 0.29) is 12.0 Å². The minimum atomic E-state index is -0.119. The third-order valence-electron chi connectivity index (χ3n) is 6.92. The summed E-state index contributed by atoms with van der Waals surface area (Å²) in [5.41, 5.74) is 5.19. The third kappa shape index (κ3) is 3.88. The number of nitrogens with one attached hydrogen (secondary N) is 1. The summed E-state index contributed by atoms with van der Waals surface area (Å²) in [6.07, 6.45) is 5.75. The molecule has 7 rings (SSSR count). The van der Waals surface area contributed by atoms with Crippen molar-refractivity contribution in [2.75, 3.05) is 0 Å². The largest absolute Gasteiger partial charge is 0.489 e. The quantitative estimate of drug-likeness (QED) is 0.129. The number of aromatic amines is 1. The smallest absolute Gasteiger partial charge is 0.193 e. The molecule has 4 aromatic heterocycles. The van der Waals surface area contributed by atoms with Gasteiger partial charge in [-0.05, 0) is 48.0 Å². The lowest BCUT2D eigenvalue weighted by molar-refractivity contribution is 0.303. The Morgan fingerprint density at radius 1 is 1.00 bits per heavy atom. The maximum atomic E-state index is 13.9. The van der Waals surface area contributed by atoms with Gasteiger partial charge in [-0.2, -0.15) is 15.4 Å². The lowest BCUT2D eigenvalue weighted by atomic mass is 10.0. The van der Waals surface area contributed by atoms with E-state index in [1.165, 1.54) is 0 Å². The van der Waals surface area contributed by atoms with Crippen LogP contribution >= 0.6 is 15.9 Å². The van der Waals surface area contributed by atoms with Gasteiger partial charge in [-0.3, -0.25) is 9.78 Å². The van der Waals surface area contributed by atoms with Crippen LogP contribution in [-0.4, -0.2) is 30.0 Å². The van der Waals surface area contributed by atoms with Crippen LogP contribution in [0, 0.1) is 0 Å². The molecule has 3 aromatic carbocycles. The van der Waals surface area contributed by atoms with Gasteiger partial charge >= 0.3 is 0 Å². The number of fused-ring (bicyclic) bond motifs is 3. The van der Waals surface area contributed by atoms with Crippen molar-refractivity contribution in [1.82, 2.24) is 24.8 Å². The number of rotatable bonds is 5. The molecule has 4 heterocycles. The van der Waals surface area contributed by atoms with Crippen LogP contribution in [0.3, 0.4) is 0 Å². The molecule has 0 aliphatic heterocycles. The lowest BCUT2D eigenvalue weighted by Gasteiger charge is -2.16. The number of aromatic nitrogens is 5. The van der Waals surface area contributed by atoms with Crippen LogP contribution in [0.1, 0.15) is 16.7 Å². The minimum Gasteiger partial charge on any atom is -0.489 e. The van der Waals surface area contributed by atoms with E-state index in [9.17, 15) is 10.0 Å². The van der Waals surface area contributed by atoms with Gasteiger partial charge in [0.05, 0.1) is 16.4 Å². The summed E-state index contributed by atoms with van der Waals surface area (Å²) in [5, 5.41) is 26.9. The van der Waals surface area contributed by atoms with Gasteiger partial charge < -0.3 is 14.3 Å². The van der Waals surface area contributed by atoms with Gasteiger partial charge in [0.2, 0.25) is 0 Å². The first kappa shape index (κ1) is 23.3. The van der Waals surface area contributed by atoms with Crippen molar-refractivity contribution in [1.29, 1.82) is 0 Å². The second-order valence-corrected chi connectivity index (χ2v) is 10.2. The zero-order valence-electron chi connectivity index (χ0n) is 20.3. The fraction of sp³-hybridized carbons (Fsp3) is 0.0690. The number of para-hydroxylation sites is 1. The Balaban J connectivity index is 1.48. The fourth-order valence-corrected chi connectivity index (χ4v) is 5.50. The molecule has 0 unspecified atom stereocenters. The first-order chi connectivity index (χ1) is 19.1. The summed E-state index contributed by atoms with van der Waals surface area (Å²) in [7, 11) is 0. The zero-order chi connectivity index (χ0) is 26.5. The lowest BCUT2D eigenvalue weighted by Crippen LogP contribution is -2.17. The average Bonchev–Trinajstić information content (AvgIpc) is 3.45. The van der Waals surface area contributed by atoms with Crippen LogP contribution in [0.15, 0.2) is 93.7 Å². The number of ether oxygens (including phenoxy) is 1. The maximum absolute atomic E-state index is 13.9. The van der Waals surface area contributed by atoms with Gasteiger partial charge in [0.1, 0.15) is 28.7 Å². The zero-order valence-corrected chi connectivity index (χ0v) is 21.9. The third-order valence-corrected chi connectivity index (χ3v) is 7.41. The Morgan fingerprint density at radius 2 is 1.90 bits per heavy atom. The molecule has 0 aliphatic carbocycles. The van der Waals surface area contributed by atoms with Gasteiger partial charge in [-0.25, -0.2) is 0 Å². The Labute approximate surface area is 228 Å². The summed E-state index contributed by atoms with van der Waals surface area (Å²) < 4.78 is 9.07. The van der Waals surface area contributed by atoms with Crippen LogP contribution in [0.2, 0.25) is 0 Å². The molecular formula is C29H19BrN6O3. The van der Waals surface area contributed by atoms with Crippen molar-refractivity contribution in [3.63, 3.8) is 0 Å². The summed E-state index contributed by atoms with van der Waals surface area (Å²) in [6.45, 7) is 0.216. The van der Waals surface area contributed by atoms with Gasteiger partial charge in [0.25, 0.3) is 0 Å². The van der Waals surface area contributed by atoms with Crippen LogP contribution in [0.4, 0.5) is 0 Å². The van der Waals surface area contributed by atoms with Gasteiger partial charge in [-0.15, -0.1) is 0 Å². The van der Waals surface area contributed by atoms with Crippen LogP contribution in [0.25, 0.3) is 38.2 Å². The van der Waals surface area contributed by atoms with Crippen molar-refractivity contribution < 1.29 is 9.94 Å². The molecule has 7 aromatic rings. The Morgan fingerprint density at radius 3 is 2.74 bits per heavy atom. The van der Waals surface area contributed by atoms with Gasteiger partial charge in [-0.1, -0.05) is 39.3 Å². The van der Waals surface area contributed by atoms with Crippen molar-refractivity contribution in [2.24, 2.45) is 5.16 Å². The molecular weight excluding hydrogens is 560 g/mol. The Hall–Kier alpha value is -4.83. The van der Waals surface area contributed by atoms with Crippen molar-refractivity contribution in [3.05, 3.63) is 116 Å². The predicted molar refractivity (Wildman–Crippen MR) is 150 cm³/mol. The maximum Gasteiger partial charge on any atom is 0.193 e. The first-order valence-electron chi connectivity index (χ1n) is 12.2. The number of hydrogen-bond acceptors (Lipinski definition) is 7. The highest BCUT2D eigenvalue weighted by Gasteiger charge is 2.18. The first-order valence-corrected chi connectivity index (χ1v) is 12.9. The van der Waals surface area contributed by atoms with E-state index in [1.807, 2.05) is 65.2 Å².